The van der Waals surface area contributed by atoms with Crippen LogP contribution in [0.4, 0.5) is 0 Å². The van der Waals surface area contributed by atoms with Crippen LogP contribution in [0.2, 0.25) is 0 Å². The molecule has 0 spiro atoms. The van der Waals surface area contributed by atoms with Crippen molar-refractivity contribution in [2.75, 3.05) is 13.2 Å². The third-order valence-electron chi connectivity index (χ3n) is 5.01. The summed E-state index contributed by atoms with van der Waals surface area (Å²) in [5.74, 6) is 3.85. The molecule has 0 saturated carbocycles. The molecule has 0 aliphatic carbocycles. The summed E-state index contributed by atoms with van der Waals surface area (Å²) < 4.78 is 48.6. The second-order valence-corrected chi connectivity index (χ2v) is 9.41. The Balaban J connectivity index is 1.42. The molecule has 4 rings (SSSR count). The van der Waals surface area contributed by atoms with E-state index in [-0.39, 0.29) is 9.79 Å². The molecule has 180 valence electrons. The van der Waals surface area contributed by atoms with Crippen molar-refractivity contribution in [3.63, 3.8) is 0 Å². The summed E-state index contributed by atoms with van der Waals surface area (Å²) in [5.41, 5.74) is 0. The zero-order valence-corrected chi connectivity index (χ0v) is 20.3. The highest BCUT2D eigenvalue weighted by Gasteiger charge is 2.18. The van der Waals surface area contributed by atoms with Crippen LogP contribution >= 0.6 is 0 Å². The minimum Gasteiger partial charge on any atom is -0.494 e. The first-order valence-corrected chi connectivity index (χ1v) is 12.7. The van der Waals surface area contributed by atoms with E-state index in [0.717, 1.165) is 11.5 Å². The van der Waals surface area contributed by atoms with Crippen molar-refractivity contribution in [1.82, 2.24) is 0 Å². The van der Waals surface area contributed by atoms with Crippen LogP contribution in [0.5, 0.6) is 34.5 Å². The molecule has 0 atom stereocenters. The molecule has 0 fully saturated rings. The summed E-state index contributed by atoms with van der Waals surface area (Å²) in [6.07, 6.45) is 0. The summed E-state index contributed by atoms with van der Waals surface area (Å²) in [6.45, 7) is 5.03. The standard InChI is InChI=1S/C28H26O6S/c1-3-31-21-5-9-23(10-6-21)33-25-13-17-27(18-14-25)35(29,30)28-19-15-26(16-20-28)34-24-11-7-22(8-12-24)32-4-2/h5-20H,3-4H2,1-2H3. The van der Waals surface area contributed by atoms with Gasteiger partial charge in [-0.1, -0.05) is 0 Å². The van der Waals surface area contributed by atoms with Gasteiger partial charge in [0.15, 0.2) is 0 Å². The average molecular weight is 491 g/mol. The van der Waals surface area contributed by atoms with Crippen LogP contribution in [0.25, 0.3) is 0 Å². The Morgan fingerprint density at radius 3 is 1.00 bits per heavy atom. The SMILES string of the molecule is CCOc1ccc(Oc2ccc(S(=O)(=O)c3ccc(Oc4ccc(OCC)cc4)cc3)cc2)cc1. The molecule has 0 amide bonds. The largest absolute Gasteiger partial charge is 0.494 e. The van der Waals surface area contributed by atoms with Crippen molar-refractivity contribution in [1.29, 1.82) is 0 Å². The number of hydrogen-bond acceptors (Lipinski definition) is 6. The van der Waals surface area contributed by atoms with Crippen molar-refractivity contribution < 1.29 is 27.4 Å². The van der Waals surface area contributed by atoms with E-state index in [1.807, 2.05) is 38.1 Å². The molecular formula is C28H26O6S. The van der Waals surface area contributed by atoms with E-state index in [1.165, 1.54) is 24.3 Å². The van der Waals surface area contributed by atoms with Crippen LogP contribution in [0, 0.1) is 0 Å². The quantitative estimate of drug-likeness (QED) is 0.241. The van der Waals surface area contributed by atoms with Crippen LogP contribution in [0.3, 0.4) is 0 Å². The van der Waals surface area contributed by atoms with E-state index in [9.17, 15) is 8.42 Å². The van der Waals surface area contributed by atoms with E-state index >= 15 is 0 Å². The topological polar surface area (TPSA) is 71.1 Å². The van der Waals surface area contributed by atoms with Gasteiger partial charge < -0.3 is 18.9 Å². The number of hydrogen-bond donors (Lipinski definition) is 0. The molecule has 0 heterocycles. The van der Waals surface area contributed by atoms with Crippen LogP contribution in [0.1, 0.15) is 13.8 Å². The second kappa shape index (κ2) is 11.0. The summed E-state index contributed by atoms with van der Waals surface area (Å²) in [7, 11) is -3.69. The lowest BCUT2D eigenvalue weighted by Gasteiger charge is -2.10. The van der Waals surface area contributed by atoms with Gasteiger partial charge in [0, 0.05) is 0 Å². The molecule has 0 aliphatic rings. The number of ether oxygens (including phenoxy) is 4. The minimum atomic E-state index is -3.69. The number of benzene rings is 4. The summed E-state index contributed by atoms with van der Waals surface area (Å²) >= 11 is 0. The molecule has 0 bridgehead atoms. The molecule has 0 aromatic heterocycles. The number of rotatable bonds is 10. The maximum atomic E-state index is 13.1. The van der Waals surface area contributed by atoms with Crippen LogP contribution in [0.15, 0.2) is 107 Å². The van der Waals surface area contributed by atoms with Crippen LogP contribution < -0.4 is 18.9 Å². The van der Waals surface area contributed by atoms with Crippen molar-refractivity contribution in [3.8, 4) is 34.5 Å². The van der Waals surface area contributed by atoms with E-state index < -0.39 is 9.84 Å². The monoisotopic (exact) mass is 490 g/mol. The van der Waals surface area contributed by atoms with Gasteiger partial charge in [0.1, 0.15) is 34.5 Å². The molecule has 6 nitrogen and oxygen atoms in total. The third-order valence-corrected chi connectivity index (χ3v) is 6.79. The van der Waals surface area contributed by atoms with Gasteiger partial charge in [0.05, 0.1) is 23.0 Å². The van der Waals surface area contributed by atoms with E-state index in [0.29, 0.717) is 36.2 Å². The molecule has 4 aromatic rings. The zero-order chi connectivity index (χ0) is 24.7. The van der Waals surface area contributed by atoms with E-state index in [1.54, 1.807) is 48.5 Å². The van der Waals surface area contributed by atoms with Crippen LogP contribution in [-0.4, -0.2) is 21.6 Å². The Labute approximate surface area is 205 Å². The van der Waals surface area contributed by atoms with Gasteiger partial charge in [0.25, 0.3) is 0 Å². The molecule has 0 N–H and O–H groups in total. The first-order chi connectivity index (χ1) is 17.0. The Kier molecular flexibility index (Phi) is 7.57. The predicted molar refractivity (Wildman–Crippen MR) is 134 cm³/mol. The molecular weight excluding hydrogens is 464 g/mol. The zero-order valence-electron chi connectivity index (χ0n) is 19.5. The van der Waals surface area contributed by atoms with Crippen molar-refractivity contribution in [3.05, 3.63) is 97.1 Å². The fraction of sp³-hybridized carbons (Fsp3) is 0.143. The van der Waals surface area contributed by atoms with Gasteiger partial charge in [-0.25, -0.2) is 8.42 Å². The average Bonchev–Trinajstić information content (AvgIpc) is 2.87. The van der Waals surface area contributed by atoms with E-state index in [4.69, 9.17) is 18.9 Å². The van der Waals surface area contributed by atoms with Crippen LogP contribution in [-0.2, 0) is 9.84 Å². The lowest BCUT2D eigenvalue weighted by Crippen LogP contribution is -2.01. The lowest BCUT2D eigenvalue weighted by atomic mass is 10.3. The first kappa shape index (κ1) is 24.2. The highest BCUT2D eigenvalue weighted by Crippen LogP contribution is 2.29. The fourth-order valence-electron chi connectivity index (χ4n) is 3.32. The Morgan fingerprint density at radius 2 is 0.714 bits per heavy atom. The molecule has 4 aromatic carbocycles. The third kappa shape index (κ3) is 6.13. The van der Waals surface area contributed by atoms with Gasteiger partial charge in [-0.2, -0.15) is 0 Å². The predicted octanol–water partition coefficient (Wildman–Crippen LogP) is 6.90. The molecule has 7 heteroatoms. The maximum Gasteiger partial charge on any atom is 0.206 e. The van der Waals surface area contributed by atoms with Gasteiger partial charge in [-0.05, 0) is 111 Å². The Morgan fingerprint density at radius 1 is 0.457 bits per heavy atom. The first-order valence-electron chi connectivity index (χ1n) is 11.2. The summed E-state index contributed by atoms with van der Waals surface area (Å²) in [5, 5.41) is 0. The van der Waals surface area contributed by atoms with Crippen molar-refractivity contribution in [2.24, 2.45) is 0 Å². The smallest absolute Gasteiger partial charge is 0.206 e. The molecule has 0 radical (unpaired) electrons. The lowest BCUT2D eigenvalue weighted by molar-refractivity contribution is 0.339. The van der Waals surface area contributed by atoms with E-state index in [2.05, 4.69) is 0 Å². The van der Waals surface area contributed by atoms with Gasteiger partial charge in [0.2, 0.25) is 9.84 Å². The summed E-state index contributed by atoms with van der Waals surface area (Å²) in [6, 6.07) is 27.1. The Bertz CT molecular complexity index is 1230. The van der Waals surface area contributed by atoms with Gasteiger partial charge >= 0.3 is 0 Å². The normalized spacial score (nSPS) is 11.0. The van der Waals surface area contributed by atoms with Gasteiger partial charge in [-0.3, -0.25) is 0 Å². The highest BCUT2D eigenvalue weighted by molar-refractivity contribution is 7.91. The fourth-order valence-corrected chi connectivity index (χ4v) is 4.58. The second-order valence-electron chi connectivity index (χ2n) is 7.46. The number of sulfone groups is 1. The molecule has 35 heavy (non-hydrogen) atoms. The molecule has 0 aliphatic heterocycles. The maximum absolute atomic E-state index is 13.1. The summed E-state index contributed by atoms with van der Waals surface area (Å²) in [4.78, 5) is 0.355. The Hall–Kier alpha value is -3.97. The van der Waals surface area contributed by atoms with Crippen molar-refractivity contribution in [2.45, 2.75) is 23.6 Å². The minimum absolute atomic E-state index is 0.178. The highest BCUT2D eigenvalue weighted by atomic mass is 32.2. The molecule has 0 unspecified atom stereocenters. The van der Waals surface area contributed by atoms with Gasteiger partial charge in [-0.15, -0.1) is 0 Å². The van der Waals surface area contributed by atoms with Crippen molar-refractivity contribution >= 4 is 9.84 Å². The molecule has 0 saturated heterocycles.